The number of hydrogen-bond donors (Lipinski definition) is 1. The fraction of sp³-hybridized carbons (Fsp3) is 0.263. The SMILES string of the molecule is CC(=O)NCc1nc2ccccc2n1CCCc1ccccc1. The highest BCUT2D eigenvalue weighted by molar-refractivity contribution is 5.76. The lowest BCUT2D eigenvalue weighted by molar-refractivity contribution is -0.119. The Balaban J connectivity index is 1.77. The molecule has 0 fully saturated rings. The van der Waals surface area contributed by atoms with Gasteiger partial charge in [-0.15, -0.1) is 0 Å². The maximum atomic E-state index is 11.2. The number of hydrogen-bond acceptors (Lipinski definition) is 2. The topological polar surface area (TPSA) is 46.9 Å². The molecule has 3 aromatic rings. The molecule has 0 radical (unpaired) electrons. The van der Waals surface area contributed by atoms with Gasteiger partial charge in [-0.05, 0) is 30.5 Å². The first-order chi connectivity index (χ1) is 11.2. The van der Waals surface area contributed by atoms with Crippen molar-refractivity contribution in [2.45, 2.75) is 32.9 Å². The quantitative estimate of drug-likeness (QED) is 0.759. The zero-order valence-corrected chi connectivity index (χ0v) is 13.3. The first-order valence-corrected chi connectivity index (χ1v) is 7.96. The molecule has 3 rings (SSSR count). The predicted molar refractivity (Wildman–Crippen MR) is 92.0 cm³/mol. The third kappa shape index (κ3) is 3.77. The average molecular weight is 307 g/mol. The number of benzene rings is 2. The van der Waals surface area contributed by atoms with Crippen molar-refractivity contribution in [2.24, 2.45) is 0 Å². The maximum Gasteiger partial charge on any atom is 0.217 e. The molecule has 1 aromatic heterocycles. The van der Waals surface area contributed by atoms with Gasteiger partial charge in [0.25, 0.3) is 0 Å². The summed E-state index contributed by atoms with van der Waals surface area (Å²) in [5.74, 6) is 0.877. The largest absolute Gasteiger partial charge is 0.349 e. The van der Waals surface area contributed by atoms with E-state index >= 15 is 0 Å². The number of imidazole rings is 1. The van der Waals surface area contributed by atoms with Gasteiger partial charge in [0.05, 0.1) is 17.6 Å². The Labute approximate surface area is 136 Å². The molecule has 1 heterocycles. The van der Waals surface area contributed by atoms with Gasteiger partial charge < -0.3 is 9.88 Å². The first-order valence-electron chi connectivity index (χ1n) is 7.96. The van der Waals surface area contributed by atoms with Crippen molar-refractivity contribution in [1.82, 2.24) is 14.9 Å². The number of carbonyl (C=O) groups excluding carboxylic acids is 1. The molecule has 1 N–H and O–H groups in total. The highest BCUT2D eigenvalue weighted by atomic mass is 16.1. The smallest absolute Gasteiger partial charge is 0.217 e. The molecule has 0 unspecified atom stereocenters. The molecule has 0 aliphatic carbocycles. The van der Waals surface area contributed by atoms with Crippen LogP contribution in [0.25, 0.3) is 11.0 Å². The van der Waals surface area contributed by atoms with Crippen LogP contribution >= 0.6 is 0 Å². The lowest BCUT2D eigenvalue weighted by atomic mass is 10.1. The van der Waals surface area contributed by atoms with E-state index in [1.807, 2.05) is 24.3 Å². The van der Waals surface area contributed by atoms with Gasteiger partial charge in [0.15, 0.2) is 0 Å². The summed E-state index contributed by atoms with van der Waals surface area (Å²) in [7, 11) is 0. The van der Waals surface area contributed by atoms with Crippen molar-refractivity contribution in [2.75, 3.05) is 0 Å². The maximum absolute atomic E-state index is 11.2. The Kier molecular flexibility index (Phi) is 4.71. The number of nitrogens with zero attached hydrogens (tertiary/aromatic N) is 2. The highest BCUT2D eigenvalue weighted by Crippen LogP contribution is 2.17. The van der Waals surface area contributed by atoms with Crippen molar-refractivity contribution < 1.29 is 4.79 Å². The molecule has 2 aromatic carbocycles. The summed E-state index contributed by atoms with van der Waals surface area (Å²) in [6, 6.07) is 18.6. The van der Waals surface area contributed by atoms with E-state index in [2.05, 4.69) is 45.2 Å². The minimum Gasteiger partial charge on any atom is -0.349 e. The van der Waals surface area contributed by atoms with Gasteiger partial charge in [0.2, 0.25) is 5.91 Å². The third-order valence-electron chi connectivity index (χ3n) is 3.92. The molecule has 0 aliphatic rings. The number of nitrogens with one attached hydrogen (secondary N) is 1. The summed E-state index contributed by atoms with van der Waals surface area (Å²) < 4.78 is 2.22. The van der Waals surface area contributed by atoms with E-state index in [1.165, 1.54) is 12.5 Å². The number of fused-ring (bicyclic) bond motifs is 1. The van der Waals surface area contributed by atoms with Gasteiger partial charge in [-0.1, -0.05) is 42.5 Å². The molecule has 4 heteroatoms. The summed E-state index contributed by atoms with van der Waals surface area (Å²) >= 11 is 0. The van der Waals surface area contributed by atoms with E-state index in [0.717, 1.165) is 36.2 Å². The van der Waals surface area contributed by atoms with Crippen LogP contribution in [0.5, 0.6) is 0 Å². The minimum absolute atomic E-state index is 0.0344. The van der Waals surface area contributed by atoms with Crippen LogP contribution in [0, 0.1) is 0 Å². The van der Waals surface area contributed by atoms with Gasteiger partial charge in [-0.3, -0.25) is 4.79 Å². The van der Waals surface area contributed by atoms with E-state index in [-0.39, 0.29) is 5.91 Å². The van der Waals surface area contributed by atoms with Gasteiger partial charge in [-0.2, -0.15) is 0 Å². The number of rotatable bonds is 6. The summed E-state index contributed by atoms with van der Waals surface area (Å²) in [6.45, 7) is 2.89. The van der Waals surface area contributed by atoms with Crippen molar-refractivity contribution in [1.29, 1.82) is 0 Å². The van der Waals surface area contributed by atoms with Gasteiger partial charge >= 0.3 is 0 Å². The van der Waals surface area contributed by atoms with Gasteiger partial charge in [0.1, 0.15) is 5.82 Å². The van der Waals surface area contributed by atoms with Gasteiger partial charge in [0, 0.05) is 13.5 Å². The van der Waals surface area contributed by atoms with Crippen LogP contribution in [0.1, 0.15) is 24.7 Å². The highest BCUT2D eigenvalue weighted by Gasteiger charge is 2.10. The second-order valence-corrected chi connectivity index (χ2v) is 5.67. The average Bonchev–Trinajstić information content (AvgIpc) is 2.92. The van der Waals surface area contributed by atoms with E-state index < -0.39 is 0 Å². The van der Waals surface area contributed by atoms with E-state index in [9.17, 15) is 4.79 Å². The molecule has 0 atom stereocenters. The summed E-state index contributed by atoms with van der Waals surface area (Å²) in [5, 5.41) is 2.85. The van der Waals surface area contributed by atoms with Crippen LogP contribution in [0.4, 0.5) is 0 Å². The fourth-order valence-electron chi connectivity index (χ4n) is 2.80. The van der Waals surface area contributed by atoms with Crippen molar-refractivity contribution in [3.05, 3.63) is 66.0 Å². The zero-order valence-electron chi connectivity index (χ0n) is 13.3. The second-order valence-electron chi connectivity index (χ2n) is 5.67. The van der Waals surface area contributed by atoms with Crippen molar-refractivity contribution in [3.8, 4) is 0 Å². The molecular formula is C19H21N3O. The number of aryl methyl sites for hydroxylation is 2. The van der Waals surface area contributed by atoms with E-state index in [1.54, 1.807) is 0 Å². The summed E-state index contributed by atoms with van der Waals surface area (Å²) in [6.07, 6.45) is 2.07. The summed E-state index contributed by atoms with van der Waals surface area (Å²) in [5.41, 5.74) is 3.45. The molecule has 23 heavy (non-hydrogen) atoms. The molecule has 0 spiro atoms. The molecule has 0 saturated carbocycles. The lowest BCUT2D eigenvalue weighted by Gasteiger charge is -2.10. The van der Waals surface area contributed by atoms with Crippen LogP contribution in [0.15, 0.2) is 54.6 Å². The molecule has 0 bridgehead atoms. The van der Waals surface area contributed by atoms with Crippen LogP contribution in [-0.4, -0.2) is 15.5 Å². The Morgan fingerprint density at radius 2 is 1.83 bits per heavy atom. The fourth-order valence-corrected chi connectivity index (χ4v) is 2.80. The molecule has 0 aliphatic heterocycles. The number of amides is 1. The lowest BCUT2D eigenvalue weighted by Crippen LogP contribution is -2.21. The first kappa shape index (κ1) is 15.3. The predicted octanol–water partition coefficient (Wildman–Crippen LogP) is 3.31. The van der Waals surface area contributed by atoms with Crippen LogP contribution in [0.2, 0.25) is 0 Å². The van der Waals surface area contributed by atoms with Crippen molar-refractivity contribution in [3.63, 3.8) is 0 Å². The molecule has 118 valence electrons. The molecular weight excluding hydrogens is 286 g/mol. The Bertz CT molecular complexity index is 793. The monoisotopic (exact) mass is 307 g/mol. The minimum atomic E-state index is -0.0344. The molecule has 0 saturated heterocycles. The standard InChI is InChI=1S/C19H21N3O/c1-15(23)20-14-19-21-17-11-5-6-12-18(17)22(19)13-7-10-16-8-3-2-4-9-16/h2-6,8-9,11-12H,7,10,13-14H2,1H3,(H,20,23). The molecule has 4 nitrogen and oxygen atoms in total. The third-order valence-corrected chi connectivity index (χ3v) is 3.92. The molecule has 1 amide bonds. The van der Waals surface area contributed by atoms with Crippen LogP contribution < -0.4 is 5.32 Å². The van der Waals surface area contributed by atoms with Crippen molar-refractivity contribution >= 4 is 16.9 Å². The Hall–Kier alpha value is -2.62. The normalized spacial score (nSPS) is 10.8. The number of para-hydroxylation sites is 2. The van der Waals surface area contributed by atoms with Crippen LogP contribution in [-0.2, 0) is 24.3 Å². The number of aromatic nitrogens is 2. The summed E-state index contributed by atoms with van der Waals surface area (Å²) in [4.78, 5) is 15.9. The zero-order chi connectivity index (χ0) is 16.1. The Morgan fingerprint density at radius 3 is 2.61 bits per heavy atom. The van der Waals surface area contributed by atoms with Crippen LogP contribution in [0.3, 0.4) is 0 Å². The van der Waals surface area contributed by atoms with Gasteiger partial charge in [-0.25, -0.2) is 4.98 Å². The Morgan fingerprint density at radius 1 is 1.09 bits per heavy atom. The second kappa shape index (κ2) is 7.09. The van der Waals surface area contributed by atoms with E-state index in [0.29, 0.717) is 6.54 Å². The van der Waals surface area contributed by atoms with E-state index in [4.69, 9.17) is 0 Å². The number of carbonyl (C=O) groups is 1.